The molecular formula is C11H18N4. The molecule has 4 nitrogen and oxygen atoms in total. The number of hydrogen-bond donors (Lipinski definition) is 0. The van der Waals surface area contributed by atoms with Crippen LogP contribution in [0.15, 0.2) is 0 Å². The fourth-order valence-electron chi connectivity index (χ4n) is 1.82. The maximum absolute atomic E-state index is 9.10. The van der Waals surface area contributed by atoms with Crippen molar-refractivity contribution in [2.24, 2.45) is 7.05 Å². The van der Waals surface area contributed by atoms with Gasteiger partial charge in [-0.05, 0) is 20.3 Å². The Morgan fingerprint density at radius 3 is 2.60 bits per heavy atom. The highest BCUT2D eigenvalue weighted by Crippen LogP contribution is 2.22. The molecule has 1 heterocycles. The molecule has 0 N–H and O–H groups in total. The topological polar surface area (TPSA) is 44.9 Å². The number of nitrogens with zero attached hydrogens (tertiary/aromatic N) is 4. The summed E-state index contributed by atoms with van der Waals surface area (Å²) in [5.41, 5.74) is 1.51. The molecule has 1 aromatic heterocycles. The van der Waals surface area contributed by atoms with Crippen LogP contribution < -0.4 is 4.90 Å². The molecule has 0 atom stereocenters. The number of aromatic nitrogens is 2. The minimum absolute atomic E-state index is 0.702. The Morgan fingerprint density at radius 2 is 2.13 bits per heavy atom. The molecular weight excluding hydrogens is 188 g/mol. The third-order valence-electron chi connectivity index (χ3n) is 2.48. The summed E-state index contributed by atoms with van der Waals surface area (Å²) in [6.45, 7) is 7.98. The van der Waals surface area contributed by atoms with Crippen LogP contribution in [-0.4, -0.2) is 22.9 Å². The average molecular weight is 206 g/mol. The predicted molar refractivity (Wildman–Crippen MR) is 60.8 cm³/mol. The Balaban J connectivity index is 3.16. The molecule has 0 bridgehead atoms. The summed E-state index contributed by atoms with van der Waals surface area (Å²) in [5.74, 6) is 0.944. The Bertz CT molecular complexity index is 373. The lowest BCUT2D eigenvalue weighted by Gasteiger charge is -2.22. The van der Waals surface area contributed by atoms with Gasteiger partial charge in [0.2, 0.25) is 0 Å². The van der Waals surface area contributed by atoms with Gasteiger partial charge in [-0.2, -0.15) is 10.4 Å². The zero-order valence-corrected chi connectivity index (χ0v) is 9.91. The number of rotatable bonds is 4. The number of nitriles is 1. The lowest BCUT2D eigenvalue weighted by atomic mass is 10.2. The first-order chi connectivity index (χ1) is 7.15. The molecule has 0 fully saturated rings. The van der Waals surface area contributed by atoms with E-state index in [1.54, 1.807) is 4.68 Å². The zero-order chi connectivity index (χ0) is 11.4. The number of aryl methyl sites for hydroxylation is 2. The van der Waals surface area contributed by atoms with Crippen molar-refractivity contribution in [3.63, 3.8) is 0 Å². The molecule has 1 rings (SSSR count). The third kappa shape index (κ3) is 2.12. The van der Waals surface area contributed by atoms with Crippen molar-refractivity contribution in [3.8, 4) is 6.07 Å². The second kappa shape index (κ2) is 4.83. The lowest BCUT2D eigenvalue weighted by Crippen LogP contribution is -2.26. The zero-order valence-electron chi connectivity index (χ0n) is 9.91. The van der Waals surface area contributed by atoms with Crippen LogP contribution in [0.2, 0.25) is 0 Å². The Kier molecular flexibility index (Phi) is 3.73. The molecule has 0 unspecified atom stereocenters. The Morgan fingerprint density at radius 1 is 1.47 bits per heavy atom. The van der Waals surface area contributed by atoms with Crippen LogP contribution in [-0.2, 0) is 7.05 Å². The van der Waals surface area contributed by atoms with Crippen LogP contribution in [0.5, 0.6) is 0 Å². The molecule has 0 aromatic carbocycles. The van der Waals surface area contributed by atoms with E-state index < -0.39 is 0 Å². The van der Waals surface area contributed by atoms with Gasteiger partial charge in [0, 0.05) is 20.1 Å². The molecule has 0 aliphatic carbocycles. The minimum atomic E-state index is 0.702. The molecule has 82 valence electrons. The van der Waals surface area contributed by atoms with Gasteiger partial charge in [-0.15, -0.1) is 0 Å². The van der Waals surface area contributed by atoms with Gasteiger partial charge in [0.05, 0.1) is 5.69 Å². The van der Waals surface area contributed by atoms with Gasteiger partial charge in [0.15, 0.2) is 0 Å². The standard InChI is InChI=1S/C11H18N4/c1-5-7-15(6-2)11-10(8-12)9(3)13-14(11)4/h5-7H2,1-4H3. The Labute approximate surface area is 91.1 Å². The van der Waals surface area contributed by atoms with E-state index in [-0.39, 0.29) is 0 Å². The summed E-state index contributed by atoms with van der Waals surface area (Å²) in [5, 5.41) is 13.4. The van der Waals surface area contributed by atoms with Crippen LogP contribution in [0.25, 0.3) is 0 Å². The molecule has 0 aliphatic rings. The maximum atomic E-state index is 9.10. The van der Waals surface area contributed by atoms with E-state index in [0.717, 1.165) is 31.0 Å². The van der Waals surface area contributed by atoms with Gasteiger partial charge < -0.3 is 4.90 Å². The van der Waals surface area contributed by atoms with Gasteiger partial charge >= 0.3 is 0 Å². The minimum Gasteiger partial charge on any atom is -0.356 e. The van der Waals surface area contributed by atoms with Gasteiger partial charge in [-0.3, -0.25) is 4.68 Å². The largest absolute Gasteiger partial charge is 0.356 e. The first kappa shape index (κ1) is 11.6. The van der Waals surface area contributed by atoms with Crippen molar-refractivity contribution in [1.29, 1.82) is 5.26 Å². The van der Waals surface area contributed by atoms with E-state index in [4.69, 9.17) is 5.26 Å². The summed E-state index contributed by atoms with van der Waals surface area (Å²) in [7, 11) is 1.89. The van der Waals surface area contributed by atoms with E-state index in [1.165, 1.54) is 0 Å². The highest BCUT2D eigenvalue weighted by Gasteiger charge is 2.17. The van der Waals surface area contributed by atoms with Crippen molar-refractivity contribution >= 4 is 5.82 Å². The van der Waals surface area contributed by atoms with Crippen molar-refractivity contribution in [2.45, 2.75) is 27.2 Å². The molecule has 0 amide bonds. The SMILES string of the molecule is CCCN(CC)c1c(C#N)c(C)nn1C. The average Bonchev–Trinajstić information content (AvgIpc) is 2.49. The molecule has 0 saturated heterocycles. The van der Waals surface area contributed by atoms with Crippen LogP contribution in [0, 0.1) is 18.3 Å². The van der Waals surface area contributed by atoms with Crippen LogP contribution >= 0.6 is 0 Å². The first-order valence-corrected chi connectivity index (χ1v) is 5.34. The van der Waals surface area contributed by atoms with Crippen molar-refractivity contribution < 1.29 is 0 Å². The second-order valence-corrected chi connectivity index (χ2v) is 3.60. The summed E-state index contributed by atoms with van der Waals surface area (Å²) in [4.78, 5) is 2.19. The van der Waals surface area contributed by atoms with Gasteiger partial charge in [-0.1, -0.05) is 6.92 Å². The predicted octanol–water partition coefficient (Wildman–Crippen LogP) is 1.84. The maximum Gasteiger partial charge on any atom is 0.144 e. The van der Waals surface area contributed by atoms with Crippen LogP contribution in [0.4, 0.5) is 5.82 Å². The van der Waals surface area contributed by atoms with E-state index in [2.05, 4.69) is 29.9 Å². The smallest absolute Gasteiger partial charge is 0.144 e. The fraction of sp³-hybridized carbons (Fsp3) is 0.636. The van der Waals surface area contributed by atoms with Gasteiger partial charge in [-0.25, -0.2) is 0 Å². The molecule has 1 aromatic rings. The molecule has 0 spiro atoms. The van der Waals surface area contributed by atoms with Crippen molar-refractivity contribution in [2.75, 3.05) is 18.0 Å². The first-order valence-electron chi connectivity index (χ1n) is 5.34. The van der Waals surface area contributed by atoms with Crippen LogP contribution in [0.1, 0.15) is 31.5 Å². The van der Waals surface area contributed by atoms with E-state index >= 15 is 0 Å². The highest BCUT2D eigenvalue weighted by atomic mass is 15.4. The molecule has 0 aliphatic heterocycles. The third-order valence-corrected chi connectivity index (χ3v) is 2.48. The van der Waals surface area contributed by atoms with Gasteiger partial charge in [0.1, 0.15) is 17.5 Å². The summed E-state index contributed by atoms with van der Waals surface area (Å²) < 4.78 is 1.80. The molecule has 0 saturated carbocycles. The van der Waals surface area contributed by atoms with E-state index in [9.17, 15) is 0 Å². The summed E-state index contributed by atoms with van der Waals surface area (Å²) >= 11 is 0. The van der Waals surface area contributed by atoms with Crippen molar-refractivity contribution in [3.05, 3.63) is 11.3 Å². The lowest BCUT2D eigenvalue weighted by molar-refractivity contribution is 0.697. The van der Waals surface area contributed by atoms with Crippen LogP contribution in [0.3, 0.4) is 0 Å². The summed E-state index contributed by atoms with van der Waals surface area (Å²) in [6.07, 6.45) is 1.07. The van der Waals surface area contributed by atoms with E-state index in [0.29, 0.717) is 5.56 Å². The molecule has 0 radical (unpaired) electrons. The fourth-order valence-corrected chi connectivity index (χ4v) is 1.82. The normalized spacial score (nSPS) is 10.1. The monoisotopic (exact) mass is 206 g/mol. The Hall–Kier alpha value is -1.50. The summed E-state index contributed by atoms with van der Waals surface area (Å²) in [6, 6.07) is 2.23. The number of anilines is 1. The number of hydrogen-bond acceptors (Lipinski definition) is 3. The van der Waals surface area contributed by atoms with E-state index in [1.807, 2.05) is 14.0 Å². The quantitative estimate of drug-likeness (QED) is 0.755. The van der Waals surface area contributed by atoms with Crippen molar-refractivity contribution in [1.82, 2.24) is 9.78 Å². The molecule has 15 heavy (non-hydrogen) atoms. The second-order valence-electron chi connectivity index (χ2n) is 3.60. The van der Waals surface area contributed by atoms with Gasteiger partial charge in [0.25, 0.3) is 0 Å². The highest BCUT2D eigenvalue weighted by molar-refractivity contribution is 5.56. The molecule has 4 heteroatoms.